The number of benzene rings is 2. The molecule has 0 aromatic heterocycles. The molecule has 24 heavy (non-hydrogen) atoms. The highest BCUT2D eigenvalue weighted by Gasteiger charge is 2.17. The van der Waals surface area contributed by atoms with Crippen LogP contribution in [0, 0.1) is 0 Å². The quantitative estimate of drug-likeness (QED) is 0.784. The van der Waals surface area contributed by atoms with Crippen LogP contribution < -0.4 is 10.5 Å². The maximum absolute atomic E-state index is 12.7. The van der Waals surface area contributed by atoms with E-state index in [0.717, 1.165) is 5.56 Å². The lowest BCUT2D eigenvalue weighted by atomic mass is 10.1. The number of thioether (sulfide) groups is 1. The van der Waals surface area contributed by atoms with Gasteiger partial charge in [0.1, 0.15) is 5.75 Å². The van der Waals surface area contributed by atoms with Crippen molar-refractivity contribution < 1.29 is 14.3 Å². The van der Waals surface area contributed by atoms with Crippen molar-refractivity contribution in [3.8, 4) is 5.75 Å². The van der Waals surface area contributed by atoms with E-state index in [1.165, 1.54) is 4.90 Å². The zero-order valence-corrected chi connectivity index (χ0v) is 14.5. The van der Waals surface area contributed by atoms with Gasteiger partial charge in [0.25, 0.3) is 11.8 Å². The fraction of sp³-hybridized carbons (Fsp3) is 0.222. The molecule has 2 aromatic rings. The molecular formula is C18H20N2O3S. The zero-order chi connectivity index (χ0) is 17.5. The van der Waals surface area contributed by atoms with Gasteiger partial charge in [-0.1, -0.05) is 24.3 Å². The van der Waals surface area contributed by atoms with E-state index in [0.29, 0.717) is 17.9 Å². The molecule has 2 rings (SSSR count). The van der Waals surface area contributed by atoms with Crippen molar-refractivity contribution in [3.05, 3.63) is 59.7 Å². The van der Waals surface area contributed by atoms with Crippen molar-refractivity contribution in [2.24, 2.45) is 5.73 Å². The van der Waals surface area contributed by atoms with Crippen LogP contribution in [0.4, 0.5) is 0 Å². The third-order valence-corrected chi connectivity index (χ3v) is 4.16. The van der Waals surface area contributed by atoms with Crippen LogP contribution in [0.15, 0.2) is 53.4 Å². The fourth-order valence-electron chi connectivity index (χ4n) is 2.20. The Labute approximate surface area is 145 Å². The molecular weight excluding hydrogens is 324 g/mol. The highest BCUT2D eigenvalue weighted by molar-refractivity contribution is 7.98. The van der Waals surface area contributed by atoms with Crippen LogP contribution >= 0.6 is 11.8 Å². The van der Waals surface area contributed by atoms with Gasteiger partial charge >= 0.3 is 0 Å². The van der Waals surface area contributed by atoms with Crippen molar-refractivity contribution in [2.45, 2.75) is 11.4 Å². The van der Waals surface area contributed by atoms with Gasteiger partial charge < -0.3 is 15.4 Å². The molecule has 6 heteroatoms. The van der Waals surface area contributed by atoms with Gasteiger partial charge in [-0.15, -0.1) is 11.8 Å². The summed E-state index contributed by atoms with van der Waals surface area (Å²) in [5, 5.41) is 0. The normalized spacial score (nSPS) is 10.2. The summed E-state index contributed by atoms with van der Waals surface area (Å²) in [6.07, 6.45) is 2.02. The number of para-hydroxylation sites is 1. The second-order valence-electron chi connectivity index (χ2n) is 5.26. The van der Waals surface area contributed by atoms with Crippen LogP contribution in [0.3, 0.4) is 0 Å². The van der Waals surface area contributed by atoms with Gasteiger partial charge in [-0.3, -0.25) is 9.59 Å². The summed E-state index contributed by atoms with van der Waals surface area (Å²) < 4.78 is 5.33. The fourth-order valence-corrected chi connectivity index (χ4v) is 2.61. The van der Waals surface area contributed by atoms with Crippen LogP contribution in [0.1, 0.15) is 15.9 Å². The molecule has 0 fully saturated rings. The van der Waals surface area contributed by atoms with Crippen LogP contribution in [-0.4, -0.2) is 36.6 Å². The van der Waals surface area contributed by atoms with Crippen molar-refractivity contribution >= 4 is 23.6 Å². The molecule has 0 radical (unpaired) electrons. The van der Waals surface area contributed by atoms with Crippen molar-refractivity contribution in [3.63, 3.8) is 0 Å². The first-order valence-electron chi connectivity index (χ1n) is 7.39. The number of ether oxygens (including phenoxy) is 1. The first-order chi connectivity index (χ1) is 11.5. The Morgan fingerprint density at radius 2 is 1.79 bits per heavy atom. The second-order valence-corrected chi connectivity index (χ2v) is 6.14. The van der Waals surface area contributed by atoms with E-state index in [1.807, 2.05) is 30.5 Å². The van der Waals surface area contributed by atoms with Crippen LogP contribution in [0.2, 0.25) is 0 Å². The summed E-state index contributed by atoms with van der Waals surface area (Å²) in [5.74, 6) is -0.408. The van der Waals surface area contributed by atoms with Crippen molar-refractivity contribution in [2.75, 3.05) is 19.9 Å². The molecule has 0 saturated carbocycles. The van der Waals surface area contributed by atoms with Gasteiger partial charge in [-0.2, -0.15) is 0 Å². The average molecular weight is 344 g/mol. The van der Waals surface area contributed by atoms with Crippen molar-refractivity contribution in [1.82, 2.24) is 4.90 Å². The van der Waals surface area contributed by atoms with E-state index >= 15 is 0 Å². The number of nitrogens with zero attached hydrogens (tertiary/aromatic N) is 1. The van der Waals surface area contributed by atoms with Crippen molar-refractivity contribution in [1.29, 1.82) is 0 Å². The van der Waals surface area contributed by atoms with Gasteiger partial charge in [0.05, 0.1) is 5.56 Å². The summed E-state index contributed by atoms with van der Waals surface area (Å²) in [4.78, 5) is 26.3. The Hall–Kier alpha value is -2.47. The molecule has 126 valence electrons. The molecule has 0 unspecified atom stereocenters. The van der Waals surface area contributed by atoms with Gasteiger partial charge in [-0.25, -0.2) is 0 Å². The average Bonchev–Trinajstić information content (AvgIpc) is 2.60. The highest BCUT2D eigenvalue weighted by Crippen LogP contribution is 2.21. The third-order valence-electron chi connectivity index (χ3n) is 3.41. The van der Waals surface area contributed by atoms with E-state index in [1.54, 1.807) is 48.0 Å². The topological polar surface area (TPSA) is 72.6 Å². The maximum Gasteiger partial charge on any atom is 0.257 e. The lowest BCUT2D eigenvalue weighted by molar-refractivity contribution is -0.119. The smallest absolute Gasteiger partial charge is 0.257 e. The minimum Gasteiger partial charge on any atom is -0.483 e. The number of amides is 2. The number of carbonyl (C=O) groups excluding carboxylic acids is 2. The predicted molar refractivity (Wildman–Crippen MR) is 95.2 cm³/mol. The van der Waals surface area contributed by atoms with Gasteiger partial charge in [0.15, 0.2) is 6.61 Å². The van der Waals surface area contributed by atoms with Gasteiger partial charge in [0, 0.05) is 18.5 Å². The SMILES string of the molecule is CSc1ccc(CN(C)C(=O)c2ccccc2OCC(N)=O)cc1. The molecule has 0 aliphatic rings. The summed E-state index contributed by atoms with van der Waals surface area (Å²) in [6, 6.07) is 14.9. The molecule has 0 spiro atoms. The number of primary amides is 1. The van der Waals surface area contributed by atoms with Crippen LogP contribution in [-0.2, 0) is 11.3 Å². The molecule has 0 atom stereocenters. The standard InChI is InChI=1S/C18H20N2O3S/c1-20(11-13-7-9-14(24-2)10-8-13)18(22)15-5-3-4-6-16(15)23-12-17(19)21/h3-10H,11-12H2,1-2H3,(H2,19,21). The van der Waals surface area contributed by atoms with E-state index in [9.17, 15) is 9.59 Å². The summed E-state index contributed by atoms with van der Waals surface area (Å²) in [7, 11) is 1.73. The lowest BCUT2D eigenvalue weighted by Gasteiger charge is -2.19. The second kappa shape index (κ2) is 8.40. The molecule has 0 aliphatic carbocycles. The molecule has 2 N–H and O–H groups in total. The summed E-state index contributed by atoms with van der Waals surface area (Å²) in [6.45, 7) is 0.224. The van der Waals surface area contributed by atoms with E-state index in [2.05, 4.69) is 0 Å². The highest BCUT2D eigenvalue weighted by atomic mass is 32.2. The Kier molecular flexibility index (Phi) is 6.26. The number of nitrogens with two attached hydrogens (primary N) is 1. The Balaban J connectivity index is 2.10. The van der Waals surface area contributed by atoms with Gasteiger partial charge in [0.2, 0.25) is 0 Å². The minimum atomic E-state index is -0.584. The molecule has 0 aliphatic heterocycles. The summed E-state index contributed by atoms with van der Waals surface area (Å²) in [5.41, 5.74) is 6.54. The Morgan fingerprint density at radius 3 is 2.42 bits per heavy atom. The molecule has 5 nitrogen and oxygen atoms in total. The molecule has 0 bridgehead atoms. The maximum atomic E-state index is 12.7. The number of rotatable bonds is 7. The Bertz CT molecular complexity index is 716. The molecule has 2 amide bonds. The first-order valence-corrected chi connectivity index (χ1v) is 8.62. The minimum absolute atomic E-state index is 0.177. The number of hydrogen-bond acceptors (Lipinski definition) is 4. The monoisotopic (exact) mass is 344 g/mol. The van der Waals surface area contributed by atoms with E-state index < -0.39 is 5.91 Å². The largest absolute Gasteiger partial charge is 0.483 e. The van der Waals surface area contributed by atoms with E-state index in [-0.39, 0.29) is 12.5 Å². The zero-order valence-electron chi connectivity index (χ0n) is 13.7. The lowest BCUT2D eigenvalue weighted by Crippen LogP contribution is -2.27. The van der Waals surface area contributed by atoms with E-state index in [4.69, 9.17) is 10.5 Å². The third kappa shape index (κ3) is 4.76. The first kappa shape index (κ1) is 17.9. The summed E-state index contributed by atoms with van der Waals surface area (Å²) >= 11 is 1.67. The molecule has 2 aromatic carbocycles. The van der Waals surface area contributed by atoms with Gasteiger partial charge in [-0.05, 0) is 36.1 Å². The van der Waals surface area contributed by atoms with Crippen LogP contribution in [0.5, 0.6) is 5.75 Å². The predicted octanol–water partition coefficient (Wildman–Crippen LogP) is 2.54. The van der Waals surface area contributed by atoms with Crippen LogP contribution in [0.25, 0.3) is 0 Å². The molecule has 0 heterocycles. The number of carbonyl (C=O) groups is 2. The molecule has 0 saturated heterocycles. The number of hydrogen-bond donors (Lipinski definition) is 1. The Morgan fingerprint density at radius 1 is 1.12 bits per heavy atom.